The second-order valence-corrected chi connectivity index (χ2v) is 16.1. The minimum Gasteiger partial charge on any atom is -0.354 e. The van der Waals surface area contributed by atoms with Crippen LogP contribution < -0.4 is 0 Å². The van der Waals surface area contributed by atoms with Gasteiger partial charge in [0.1, 0.15) is 0 Å². The first-order valence-corrected chi connectivity index (χ1v) is 21.3. The zero-order valence-corrected chi connectivity index (χ0v) is 33.9. The van der Waals surface area contributed by atoms with E-state index in [1.54, 1.807) is 0 Å². The number of aromatic nitrogens is 2. The van der Waals surface area contributed by atoms with Crippen LogP contribution in [0, 0.1) is 0 Å². The maximum Gasteiger partial charge on any atom is 0.0550 e. The third-order valence-electron chi connectivity index (χ3n) is 12.6. The summed E-state index contributed by atoms with van der Waals surface area (Å²) in [5.74, 6) is 0. The van der Waals surface area contributed by atoms with Gasteiger partial charge in [-0.2, -0.15) is 0 Å². The van der Waals surface area contributed by atoms with Gasteiger partial charge in [-0.3, -0.25) is 0 Å². The van der Waals surface area contributed by atoms with Crippen LogP contribution in [0.4, 0.5) is 0 Å². The fraction of sp³-hybridized carbons (Fsp3) is 0. The van der Waals surface area contributed by atoms with Crippen LogP contribution in [0.1, 0.15) is 0 Å². The molecule has 290 valence electrons. The Hall–Kier alpha value is -8.20. The molecule has 2 aromatic heterocycles. The standard InChI is InChI=1S/C60H40N2/c1-3-15-41(16-4-1)45-19-7-9-21-47(45)51-35-37-53-49-23-11-13-25-55(49)61-59(53)57(51)43-31-27-39(28-32-43)40-29-33-44(34-30-40)58-52(36-38-54-50-24-12-14-26-56(50)62-60(54)58)48-22-10-8-20-46(48)42-17-5-2-6-18-42/h1-38,61-62H. The highest BCUT2D eigenvalue weighted by molar-refractivity contribution is 6.17. The molecule has 0 amide bonds. The van der Waals surface area contributed by atoms with E-state index in [2.05, 4.69) is 240 Å². The quantitative estimate of drug-likeness (QED) is 0.161. The molecule has 0 radical (unpaired) electrons. The van der Waals surface area contributed by atoms with Crippen LogP contribution >= 0.6 is 0 Å². The predicted molar refractivity (Wildman–Crippen MR) is 263 cm³/mol. The van der Waals surface area contributed by atoms with Crippen LogP contribution in [0.5, 0.6) is 0 Å². The molecule has 0 aliphatic rings. The topological polar surface area (TPSA) is 31.6 Å². The van der Waals surface area contributed by atoms with E-state index in [9.17, 15) is 0 Å². The van der Waals surface area contributed by atoms with Crippen molar-refractivity contribution in [3.8, 4) is 77.9 Å². The molecule has 62 heavy (non-hydrogen) atoms. The SMILES string of the molecule is c1ccc(-c2ccccc2-c2ccc3c([nH]c4ccccc43)c2-c2ccc(-c3ccc(-c4c(-c5ccccc5-c5ccccc5)ccc5c4[nH]c4ccccc45)cc3)cc2)cc1. The highest BCUT2D eigenvalue weighted by atomic mass is 14.7. The fourth-order valence-corrected chi connectivity index (χ4v) is 9.72. The number of para-hydroxylation sites is 2. The van der Waals surface area contributed by atoms with E-state index in [4.69, 9.17) is 0 Å². The molecule has 0 bridgehead atoms. The largest absolute Gasteiger partial charge is 0.354 e. The molecular formula is C60H40N2. The van der Waals surface area contributed by atoms with Gasteiger partial charge in [0.2, 0.25) is 0 Å². The zero-order valence-electron chi connectivity index (χ0n) is 33.9. The van der Waals surface area contributed by atoms with E-state index in [0.717, 1.165) is 22.1 Å². The number of aromatic amines is 2. The number of hydrogen-bond donors (Lipinski definition) is 2. The van der Waals surface area contributed by atoms with E-state index < -0.39 is 0 Å². The Kier molecular flexibility index (Phi) is 8.53. The molecule has 0 atom stereocenters. The molecule has 12 rings (SSSR count). The lowest BCUT2D eigenvalue weighted by Crippen LogP contribution is -1.91. The highest BCUT2D eigenvalue weighted by Crippen LogP contribution is 2.46. The van der Waals surface area contributed by atoms with Crippen molar-refractivity contribution in [3.63, 3.8) is 0 Å². The average molecular weight is 789 g/mol. The van der Waals surface area contributed by atoms with Crippen molar-refractivity contribution in [2.24, 2.45) is 0 Å². The Morgan fingerprint density at radius 1 is 0.194 bits per heavy atom. The second kappa shape index (κ2) is 14.8. The van der Waals surface area contributed by atoms with Crippen LogP contribution in [0.25, 0.3) is 122 Å². The van der Waals surface area contributed by atoms with E-state index in [1.165, 1.54) is 99.4 Å². The summed E-state index contributed by atoms with van der Waals surface area (Å²) in [5, 5.41) is 4.93. The molecular weight excluding hydrogens is 749 g/mol. The monoisotopic (exact) mass is 788 g/mol. The Labute approximate surface area is 360 Å². The number of H-pyrrole nitrogens is 2. The average Bonchev–Trinajstić information content (AvgIpc) is 3.93. The summed E-state index contributed by atoms with van der Waals surface area (Å²) >= 11 is 0. The minimum absolute atomic E-state index is 1.14. The lowest BCUT2D eigenvalue weighted by atomic mass is 9.87. The van der Waals surface area contributed by atoms with E-state index in [1.807, 2.05) is 0 Å². The fourth-order valence-electron chi connectivity index (χ4n) is 9.72. The number of fused-ring (bicyclic) bond motifs is 6. The molecule has 0 fully saturated rings. The Morgan fingerprint density at radius 2 is 0.532 bits per heavy atom. The van der Waals surface area contributed by atoms with Crippen molar-refractivity contribution in [1.29, 1.82) is 0 Å². The van der Waals surface area contributed by atoms with Gasteiger partial charge in [-0.05, 0) is 78.9 Å². The minimum atomic E-state index is 1.14. The first-order chi connectivity index (χ1) is 30.8. The smallest absolute Gasteiger partial charge is 0.0550 e. The lowest BCUT2D eigenvalue weighted by molar-refractivity contribution is 1.52. The van der Waals surface area contributed by atoms with Crippen molar-refractivity contribution in [2.45, 2.75) is 0 Å². The summed E-state index contributed by atoms with van der Waals surface area (Å²) in [4.78, 5) is 7.66. The van der Waals surface area contributed by atoms with Crippen LogP contribution in [0.15, 0.2) is 231 Å². The van der Waals surface area contributed by atoms with Gasteiger partial charge < -0.3 is 9.97 Å². The molecule has 0 saturated heterocycles. The molecule has 0 aliphatic heterocycles. The molecule has 0 aliphatic carbocycles. The van der Waals surface area contributed by atoms with Gasteiger partial charge >= 0.3 is 0 Å². The summed E-state index contributed by atoms with van der Waals surface area (Å²) < 4.78 is 0. The Morgan fingerprint density at radius 3 is 0.952 bits per heavy atom. The normalized spacial score (nSPS) is 11.5. The van der Waals surface area contributed by atoms with Gasteiger partial charge in [0, 0.05) is 43.7 Å². The van der Waals surface area contributed by atoms with Crippen molar-refractivity contribution in [3.05, 3.63) is 231 Å². The van der Waals surface area contributed by atoms with Crippen LogP contribution in [-0.4, -0.2) is 9.97 Å². The van der Waals surface area contributed by atoms with Gasteiger partial charge in [0.15, 0.2) is 0 Å². The molecule has 2 nitrogen and oxygen atoms in total. The van der Waals surface area contributed by atoms with Gasteiger partial charge in [0.25, 0.3) is 0 Å². The van der Waals surface area contributed by atoms with E-state index in [0.29, 0.717) is 0 Å². The van der Waals surface area contributed by atoms with E-state index >= 15 is 0 Å². The summed E-state index contributed by atoms with van der Waals surface area (Å²) in [6.07, 6.45) is 0. The van der Waals surface area contributed by atoms with Gasteiger partial charge in [-0.25, -0.2) is 0 Å². The van der Waals surface area contributed by atoms with Crippen molar-refractivity contribution < 1.29 is 0 Å². The first kappa shape index (κ1) is 35.7. The number of rotatable bonds is 7. The van der Waals surface area contributed by atoms with Crippen molar-refractivity contribution in [1.82, 2.24) is 9.97 Å². The Balaban J connectivity index is 0.978. The van der Waals surface area contributed by atoms with Crippen molar-refractivity contribution in [2.75, 3.05) is 0 Å². The van der Waals surface area contributed by atoms with Crippen LogP contribution in [-0.2, 0) is 0 Å². The molecule has 2 heteroatoms. The summed E-state index contributed by atoms with van der Waals surface area (Å²) in [6, 6.07) is 83.7. The molecule has 0 saturated carbocycles. The zero-order chi connectivity index (χ0) is 41.0. The van der Waals surface area contributed by atoms with Crippen molar-refractivity contribution >= 4 is 43.6 Å². The summed E-state index contributed by atoms with van der Waals surface area (Å²) in [6.45, 7) is 0. The third kappa shape index (κ3) is 5.96. The van der Waals surface area contributed by atoms with E-state index in [-0.39, 0.29) is 0 Å². The Bertz CT molecular complexity index is 3350. The second-order valence-electron chi connectivity index (χ2n) is 16.1. The summed E-state index contributed by atoms with van der Waals surface area (Å²) in [5.41, 5.74) is 21.4. The molecule has 10 aromatic carbocycles. The third-order valence-corrected chi connectivity index (χ3v) is 12.6. The molecule has 0 spiro atoms. The number of hydrogen-bond acceptors (Lipinski definition) is 0. The number of nitrogens with one attached hydrogen (secondary N) is 2. The highest BCUT2D eigenvalue weighted by Gasteiger charge is 2.20. The lowest BCUT2D eigenvalue weighted by Gasteiger charge is -2.17. The van der Waals surface area contributed by atoms with Gasteiger partial charge in [0.05, 0.1) is 11.0 Å². The molecule has 2 heterocycles. The van der Waals surface area contributed by atoms with Gasteiger partial charge in [-0.1, -0.05) is 218 Å². The molecule has 12 aromatic rings. The molecule has 2 N–H and O–H groups in total. The van der Waals surface area contributed by atoms with Crippen LogP contribution in [0.3, 0.4) is 0 Å². The maximum absolute atomic E-state index is 3.83. The maximum atomic E-state index is 3.83. The van der Waals surface area contributed by atoms with Gasteiger partial charge in [-0.15, -0.1) is 0 Å². The number of benzene rings is 10. The predicted octanol–water partition coefficient (Wildman–Crippen LogP) is 16.6. The first-order valence-electron chi connectivity index (χ1n) is 21.3. The summed E-state index contributed by atoms with van der Waals surface area (Å²) in [7, 11) is 0. The molecule has 0 unspecified atom stereocenters. The van der Waals surface area contributed by atoms with Crippen LogP contribution in [0.2, 0.25) is 0 Å².